The van der Waals surface area contributed by atoms with Crippen LogP contribution < -0.4 is 0 Å². The van der Waals surface area contributed by atoms with Gasteiger partial charge in [0, 0.05) is 12.8 Å². The summed E-state index contributed by atoms with van der Waals surface area (Å²) in [5.74, 6) is -0.956. The second-order valence-electron chi connectivity index (χ2n) is 9.34. The smallest absolute Gasteiger partial charge is 0.340 e. The van der Waals surface area contributed by atoms with E-state index in [4.69, 9.17) is 9.47 Å². The molecule has 0 N–H and O–H groups in total. The van der Waals surface area contributed by atoms with Crippen molar-refractivity contribution in [2.75, 3.05) is 0 Å². The number of carbonyl (C=O) groups is 2. The molecule has 0 spiro atoms. The van der Waals surface area contributed by atoms with E-state index in [2.05, 4.69) is 104 Å². The Bertz CT molecular complexity index is 705. The van der Waals surface area contributed by atoms with Crippen LogP contribution in [0, 0.1) is 0 Å². The van der Waals surface area contributed by atoms with Crippen LogP contribution in [-0.2, 0) is 9.47 Å². The number of unbranched alkanes of at least 4 members (excludes halogenated alkanes) is 12. The van der Waals surface area contributed by atoms with Crippen LogP contribution in [0.5, 0.6) is 0 Å². The fourth-order valence-electron chi connectivity index (χ4n) is 3.90. The van der Waals surface area contributed by atoms with Crippen molar-refractivity contribution in [2.45, 2.75) is 120 Å². The minimum atomic E-state index is -0.638. The highest BCUT2D eigenvalue weighted by Gasteiger charge is 2.32. The lowest BCUT2D eigenvalue weighted by atomic mass is 10.1. The summed E-state index contributed by atoms with van der Waals surface area (Å²) in [4.78, 5) is 26.1. The van der Waals surface area contributed by atoms with Gasteiger partial charge in [0.1, 0.15) is 0 Å². The summed E-state index contributed by atoms with van der Waals surface area (Å²) in [7, 11) is 0. The number of esters is 2. The molecule has 1 rings (SSSR count). The molecule has 4 nitrogen and oxygen atoms in total. The standard InChI is InChI=1S/C28H42I4O4/c1-3-5-7-9-11-13-17-21-27(29,30)35-25(33)23-19-15-16-20-24(23)26(34)36-28(31,32)22-18-14-12-10-8-6-4-2/h15-16,19-20H,3-14,17-18,21-22H2,1-2H3. The molecule has 1 aromatic carbocycles. The highest BCUT2D eigenvalue weighted by Crippen LogP contribution is 2.38. The topological polar surface area (TPSA) is 52.6 Å². The van der Waals surface area contributed by atoms with Crippen LogP contribution in [-0.4, -0.2) is 15.2 Å². The normalized spacial score (nSPS) is 11.9. The van der Waals surface area contributed by atoms with E-state index in [-0.39, 0.29) is 11.1 Å². The van der Waals surface area contributed by atoms with Gasteiger partial charge in [-0.05, 0) is 115 Å². The molecule has 0 aliphatic carbocycles. The minimum absolute atomic E-state index is 0.263. The van der Waals surface area contributed by atoms with Crippen LogP contribution in [0.3, 0.4) is 0 Å². The van der Waals surface area contributed by atoms with Crippen molar-refractivity contribution >= 4 is 102 Å². The van der Waals surface area contributed by atoms with Gasteiger partial charge in [0.15, 0.2) is 0 Å². The molecular weight excluding hydrogens is 908 g/mol. The maximum Gasteiger partial charge on any atom is 0.340 e. The van der Waals surface area contributed by atoms with Gasteiger partial charge in [0.25, 0.3) is 0 Å². The van der Waals surface area contributed by atoms with E-state index in [0.717, 1.165) is 38.5 Å². The summed E-state index contributed by atoms with van der Waals surface area (Å²) in [6.45, 7) is 4.45. The Balaban J connectivity index is 2.58. The number of hydrogen-bond acceptors (Lipinski definition) is 4. The third kappa shape index (κ3) is 16.2. The first-order valence-corrected chi connectivity index (χ1v) is 17.7. The van der Waals surface area contributed by atoms with Crippen molar-refractivity contribution in [3.05, 3.63) is 35.4 Å². The predicted octanol–water partition coefficient (Wildman–Crippen LogP) is 11.3. The van der Waals surface area contributed by atoms with Crippen LogP contribution in [0.25, 0.3) is 0 Å². The van der Waals surface area contributed by atoms with E-state index < -0.39 is 15.2 Å². The zero-order valence-electron chi connectivity index (χ0n) is 21.8. The van der Waals surface area contributed by atoms with Crippen LogP contribution >= 0.6 is 90.4 Å². The van der Waals surface area contributed by atoms with Gasteiger partial charge in [-0.1, -0.05) is 103 Å². The van der Waals surface area contributed by atoms with Crippen molar-refractivity contribution in [3.63, 3.8) is 0 Å². The molecule has 0 unspecified atom stereocenters. The van der Waals surface area contributed by atoms with Crippen LogP contribution in [0.4, 0.5) is 0 Å². The number of carbonyl (C=O) groups excluding carboxylic acids is 2. The summed E-state index contributed by atoms with van der Waals surface area (Å²) >= 11 is 8.79. The van der Waals surface area contributed by atoms with E-state index in [1.807, 2.05) is 0 Å². The van der Waals surface area contributed by atoms with Gasteiger partial charge in [-0.3, -0.25) is 0 Å². The van der Waals surface area contributed by atoms with Crippen LogP contribution in [0.1, 0.15) is 137 Å². The molecule has 206 valence electrons. The molecule has 0 saturated carbocycles. The SMILES string of the molecule is CCCCCCCCCC(I)(I)OC(=O)c1ccccc1C(=O)OC(I)(I)CCCCCCCCC. The Kier molecular flexibility index (Phi) is 19.5. The van der Waals surface area contributed by atoms with Crippen molar-refractivity contribution in [1.82, 2.24) is 0 Å². The lowest BCUT2D eigenvalue weighted by Gasteiger charge is -2.23. The maximum atomic E-state index is 13.0. The van der Waals surface area contributed by atoms with Gasteiger partial charge in [0.2, 0.25) is 3.23 Å². The fraction of sp³-hybridized carbons (Fsp3) is 0.714. The highest BCUT2D eigenvalue weighted by atomic mass is 127. The van der Waals surface area contributed by atoms with Crippen molar-refractivity contribution in [3.8, 4) is 0 Å². The van der Waals surface area contributed by atoms with Gasteiger partial charge in [0.05, 0.1) is 11.1 Å². The van der Waals surface area contributed by atoms with E-state index in [1.54, 1.807) is 24.3 Å². The van der Waals surface area contributed by atoms with Gasteiger partial charge < -0.3 is 9.47 Å². The fourth-order valence-corrected chi connectivity index (χ4v) is 6.22. The molecule has 1 aromatic rings. The third-order valence-electron chi connectivity index (χ3n) is 5.99. The van der Waals surface area contributed by atoms with Gasteiger partial charge in [-0.15, -0.1) is 0 Å². The summed E-state index contributed by atoms with van der Waals surface area (Å²) in [6.07, 6.45) is 18.6. The molecule has 0 atom stereocenters. The van der Waals surface area contributed by atoms with Crippen molar-refractivity contribution in [2.24, 2.45) is 0 Å². The molecule has 0 aliphatic rings. The Hall–Kier alpha value is 1.08. The Labute approximate surface area is 273 Å². The number of rotatable bonds is 20. The summed E-state index contributed by atoms with van der Waals surface area (Å²) < 4.78 is 10.4. The predicted molar refractivity (Wildman–Crippen MR) is 184 cm³/mol. The number of alkyl halides is 4. The Morgan fingerprint density at radius 3 is 1.22 bits per heavy atom. The Morgan fingerprint density at radius 2 is 0.889 bits per heavy atom. The zero-order valence-corrected chi connectivity index (χ0v) is 30.4. The average Bonchev–Trinajstić information content (AvgIpc) is 2.82. The van der Waals surface area contributed by atoms with Crippen LogP contribution in [0.15, 0.2) is 24.3 Å². The second-order valence-corrected chi connectivity index (χ2v) is 20.4. The molecule has 0 aliphatic heterocycles. The van der Waals surface area contributed by atoms with E-state index in [9.17, 15) is 9.59 Å². The van der Waals surface area contributed by atoms with Crippen molar-refractivity contribution < 1.29 is 19.1 Å². The molecule has 0 saturated heterocycles. The third-order valence-corrected chi connectivity index (χ3v) is 9.03. The first-order chi connectivity index (χ1) is 17.1. The average molecular weight is 950 g/mol. The minimum Gasteiger partial charge on any atom is -0.435 e. The summed E-state index contributed by atoms with van der Waals surface area (Å²) in [5, 5.41) is 0. The monoisotopic (exact) mass is 950 g/mol. The van der Waals surface area contributed by atoms with E-state index in [0.29, 0.717) is 0 Å². The Morgan fingerprint density at radius 1 is 0.583 bits per heavy atom. The second kappa shape index (κ2) is 20.0. The maximum absolute atomic E-state index is 13.0. The largest absolute Gasteiger partial charge is 0.435 e. The van der Waals surface area contributed by atoms with E-state index >= 15 is 0 Å². The number of ether oxygens (including phenoxy) is 2. The first kappa shape index (κ1) is 35.1. The molecule has 0 fully saturated rings. The van der Waals surface area contributed by atoms with Gasteiger partial charge in [-0.2, -0.15) is 0 Å². The molecule has 0 aromatic heterocycles. The van der Waals surface area contributed by atoms with Gasteiger partial charge in [-0.25, -0.2) is 9.59 Å². The molecular formula is C28H42I4O4. The molecule has 0 radical (unpaired) electrons. The quantitative estimate of drug-likeness (QED) is 0.0566. The summed E-state index contributed by atoms with van der Waals surface area (Å²) in [6, 6.07) is 6.81. The lowest BCUT2D eigenvalue weighted by Crippen LogP contribution is -2.25. The molecule has 0 amide bonds. The zero-order chi connectivity index (χ0) is 26.9. The number of hydrogen-bond donors (Lipinski definition) is 0. The molecule has 0 bridgehead atoms. The van der Waals surface area contributed by atoms with Crippen molar-refractivity contribution in [1.29, 1.82) is 0 Å². The molecule has 36 heavy (non-hydrogen) atoms. The van der Waals surface area contributed by atoms with E-state index in [1.165, 1.54) is 64.2 Å². The molecule has 0 heterocycles. The van der Waals surface area contributed by atoms with Crippen LogP contribution in [0.2, 0.25) is 0 Å². The lowest BCUT2D eigenvalue weighted by molar-refractivity contribution is 0.0396. The van der Waals surface area contributed by atoms with Gasteiger partial charge >= 0.3 is 11.9 Å². The first-order valence-electron chi connectivity index (χ1n) is 13.4. The summed E-state index contributed by atoms with van der Waals surface area (Å²) in [5.41, 5.74) is 0.526. The highest BCUT2D eigenvalue weighted by molar-refractivity contribution is 14.2. The number of halogens is 4. The number of benzene rings is 1. The molecule has 8 heteroatoms.